The summed E-state index contributed by atoms with van der Waals surface area (Å²) in [6, 6.07) is 4.02. The van der Waals surface area contributed by atoms with Crippen LogP contribution in [-0.4, -0.2) is 22.3 Å². The Balaban J connectivity index is 1.78. The van der Waals surface area contributed by atoms with Crippen molar-refractivity contribution in [1.82, 2.24) is 4.98 Å². The van der Waals surface area contributed by atoms with Gasteiger partial charge in [0, 0.05) is 11.9 Å². The number of aromatic nitrogens is 1. The Morgan fingerprint density at radius 2 is 2.24 bits per heavy atom. The molecule has 0 spiro atoms. The SMILES string of the molecule is C=C1[C@@H](OCc2cccnc2C)[C@]2(C)CC[C@@]1(C(C)C)O2. The minimum atomic E-state index is -0.225. The second-order valence-electron chi connectivity index (χ2n) is 6.92. The lowest BCUT2D eigenvalue weighted by Gasteiger charge is -2.34. The van der Waals surface area contributed by atoms with Crippen LogP contribution in [0.15, 0.2) is 30.5 Å². The summed E-state index contributed by atoms with van der Waals surface area (Å²) in [5.41, 5.74) is 2.86. The van der Waals surface area contributed by atoms with Gasteiger partial charge in [0.15, 0.2) is 0 Å². The summed E-state index contributed by atoms with van der Waals surface area (Å²) < 4.78 is 12.6. The highest BCUT2D eigenvalue weighted by atomic mass is 16.6. The van der Waals surface area contributed by atoms with Gasteiger partial charge in [0.25, 0.3) is 0 Å². The third-order valence-corrected chi connectivity index (χ3v) is 5.28. The van der Waals surface area contributed by atoms with Crippen LogP contribution in [0.4, 0.5) is 0 Å². The fourth-order valence-corrected chi connectivity index (χ4v) is 3.85. The predicted octanol–water partition coefficient (Wildman–Crippen LogP) is 3.81. The number of nitrogens with zero attached hydrogens (tertiary/aromatic N) is 1. The maximum Gasteiger partial charge on any atom is 0.110 e. The van der Waals surface area contributed by atoms with E-state index in [9.17, 15) is 0 Å². The molecule has 3 atom stereocenters. The Morgan fingerprint density at radius 3 is 2.86 bits per heavy atom. The van der Waals surface area contributed by atoms with Crippen LogP contribution in [0.1, 0.15) is 44.9 Å². The van der Waals surface area contributed by atoms with Crippen molar-refractivity contribution >= 4 is 0 Å². The van der Waals surface area contributed by atoms with Crippen LogP contribution in [0.5, 0.6) is 0 Å². The lowest BCUT2D eigenvalue weighted by molar-refractivity contribution is -0.0960. The molecular formula is C18H25NO2. The Kier molecular flexibility index (Phi) is 3.45. The summed E-state index contributed by atoms with van der Waals surface area (Å²) in [5, 5.41) is 0. The van der Waals surface area contributed by atoms with E-state index < -0.39 is 0 Å². The molecule has 3 nitrogen and oxygen atoms in total. The number of rotatable bonds is 4. The molecule has 2 aliphatic rings. The number of hydrogen-bond donors (Lipinski definition) is 0. The zero-order valence-corrected chi connectivity index (χ0v) is 13.5. The van der Waals surface area contributed by atoms with Crippen LogP contribution in [0, 0.1) is 12.8 Å². The van der Waals surface area contributed by atoms with Crippen LogP contribution in [0.2, 0.25) is 0 Å². The standard InChI is InChI=1S/C18H25NO2/c1-12(2)18-9-8-17(5,21-18)16(13(18)3)20-11-15-7-6-10-19-14(15)4/h6-7,10,12,16H,3,8-9,11H2,1-2,4-5H3/t16-,17+,18+/m1/s1. The number of hydrogen-bond acceptors (Lipinski definition) is 3. The molecule has 3 rings (SSSR count). The minimum absolute atomic E-state index is 0.0201. The molecule has 3 heteroatoms. The summed E-state index contributed by atoms with van der Waals surface area (Å²) in [6.45, 7) is 13.5. The molecule has 2 bridgehead atoms. The fourth-order valence-electron chi connectivity index (χ4n) is 3.85. The van der Waals surface area contributed by atoms with Crippen molar-refractivity contribution in [2.45, 2.75) is 64.4 Å². The van der Waals surface area contributed by atoms with Crippen LogP contribution in [0.3, 0.4) is 0 Å². The van der Waals surface area contributed by atoms with Gasteiger partial charge in [-0.1, -0.05) is 26.5 Å². The topological polar surface area (TPSA) is 31.4 Å². The summed E-state index contributed by atoms with van der Waals surface area (Å²) in [5.74, 6) is 0.431. The zero-order valence-electron chi connectivity index (χ0n) is 13.5. The van der Waals surface area contributed by atoms with Crippen molar-refractivity contribution < 1.29 is 9.47 Å². The van der Waals surface area contributed by atoms with Gasteiger partial charge >= 0.3 is 0 Å². The maximum atomic E-state index is 6.41. The zero-order chi connectivity index (χ0) is 15.3. The minimum Gasteiger partial charge on any atom is -0.366 e. The molecule has 2 saturated heterocycles. The number of fused-ring (bicyclic) bond motifs is 2. The first-order valence-corrected chi connectivity index (χ1v) is 7.80. The molecule has 0 N–H and O–H groups in total. The molecule has 1 aromatic heterocycles. The second kappa shape index (κ2) is 4.92. The van der Waals surface area contributed by atoms with Crippen molar-refractivity contribution in [1.29, 1.82) is 0 Å². The molecule has 1 aromatic rings. The van der Waals surface area contributed by atoms with Crippen molar-refractivity contribution in [3.05, 3.63) is 41.7 Å². The van der Waals surface area contributed by atoms with Crippen molar-refractivity contribution in [3.8, 4) is 0 Å². The third kappa shape index (κ3) is 2.14. The molecule has 2 aliphatic heterocycles. The summed E-state index contributed by atoms with van der Waals surface area (Å²) in [6.07, 6.45) is 3.90. The number of ether oxygens (including phenoxy) is 2. The van der Waals surface area contributed by atoms with Gasteiger partial charge in [0.2, 0.25) is 0 Å². The Labute approximate surface area is 127 Å². The first kappa shape index (κ1) is 14.7. The molecule has 21 heavy (non-hydrogen) atoms. The largest absolute Gasteiger partial charge is 0.366 e. The van der Waals surface area contributed by atoms with E-state index in [0.717, 1.165) is 29.7 Å². The van der Waals surface area contributed by atoms with Crippen LogP contribution >= 0.6 is 0 Å². The van der Waals surface area contributed by atoms with Gasteiger partial charge < -0.3 is 9.47 Å². The average Bonchev–Trinajstić information content (AvgIpc) is 2.90. The van der Waals surface area contributed by atoms with Crippen LogP contribution in [-0.2, 0) is 16.1 Å². The highest BCUT2D eigenvalue weighted by Crippen LogP contribution is 2.57. The molecule has 0 saturated carbocycles. The third-order valence-electron chi connectivity index (χ3n) is 5.28. The number of aryl methyl sites for hydroxylation is 1. The Morgan fingerprint density at radius 1 is 1.48 bits per heavy atom. The molecule has 114 valence electrons. The van der Waals surface area contributed by atoms with Gasteiger partial charge in [-0.2, -0.15) is 0 Å². The smallest absolute Gasteiger partial charge is 0.110 e. The highest BCUT2D eigenvalue weighted by molar-refractivity contribution is 5.33. The van der Waals surface area contributed by atoms with E-state index in [4.69, 9.17) is 9.47 Å². The lowest BCUT2D eigenvalue weighted by atomic mass is 9.72. The summed E-state index contributed by atoms with van der Waals surface area (Å²) >= 11 is 0. The molecular weight excluding hydrogens is 262 g/mol. The Bertz CT molecular complexity index is 568. The van der Waals surface area contributed by atoms with E-state index in [-0.39, 0.29) is 17.3 Å². The first-order chi connectivity index (χ1) is 9.89. The summed E-state index contributed by atoms with van der Waals surface area (Å²) in [4.78, 5) is 4.32. The van der Waals surface area contributed by atoms with E-state index in [1.807, 2.05) is 19.2 Å². The maximum absolute atomic E-state index is 6.41. The summed E-state index contributed by atoms with van der Waals surface area (Å²) in [7, 11) is 0. The average molecular weight is 287 g/mol. The van der Waals surface area contributed by atoms with Gasteiger partial charge in [0.1, 0.15) is 6.10 Å². The van der Waals surface area contributed by atoms with Crippen molar-refractivity contribution in [2.24, 2.45) is 5.92 Å². The van der Waals surface area contributed by atoms with Crippen molar-refractivity contribution in [3.63, 3.8) is 0 Å². The predicted molar refractivity (Wildman–Crippen MR) is 83.0 cm³/mol. The van der Waals surface area contributed by atoms with Crippen molar-refractivity contribution in [2.75, 3.05) is 0 Å². The van der Waals surface area contributed by atoms with E-state index in [1.165, 1.54) is 0 Å². The lowest BCUT2D eigenvalue weighted by Crippen LogP contribution is -2.40. The normalized spacial score (nSPS) is 34.9. The van der Waals surface area contributed by atoms with Gasteiger partial charge in [-0.15, -0.1) is 0 Å². The molecule has 2 fully saturated rings. The van der Waals surface area contributed by atoms with E-state index in [2.05, 4.69) is 38.4 Å². The fraction of sp³-hybridized carbons (Fsp3) is 0.611. The molecule has 3 heterocycles. The van der Waals surface area contributed by atoms with E-state index in [1.54, 1.807) is 0 Å². The molecule has 0 aliphatic carbocycles. The monoisotopic (exact) mass is 287 g/mol. The van der Waals surface area contributed by atoms with Crippen LogP contribution < -0.4 is 0 Å². The molecule has 0 unspecified atom stereocenters. The van der Waals surface area contributed by atoms with Crippen LogP contribution in [0.25, 0.3) is 0 Å². The van der Waals surface area contributed by atoms with Gasteiger partial charge in [-0.05, 0) is 49.8 Å². The molecule has 0 amide bonds. The Hall–Kier alpha value is -1.19. The first-order valence-electron chi connectivity index (χ1n) is 7.80. The van der Waals surface area contributed by atoms with Gasteiger partial charge in [-0.25, -0.2) is 0 Å². The van der Waals surface area contributed by atoms with Gasteiger partial charge in [0.05, 0.1) is 17.8 Å². The molecule has 0 aromatic carbocycles. The highest BCUT2D eigenvalue weighted by Gasteiger charge is 2.63. The van der Waals surface area contributed by atoms with E-state index >= 15 is 0 Å². The second-order valence-corrected chi connectivity index (χ2v) is 6.92. The number of pyridine rings is 1. The quantitative estimate of drug-likeness (QED) is 0.789. The van der Waals surface area contributed by atoms with Gasteiger partial charge in [-0.3, -0.25) is 4.98 Å². The molecule has 0 radical (unpaired) electrons. The van der Waals surface area contributed by atoms with E-state index in [0.29, 0.717) is 12.5 Å².